The number of anilines is 1. The van der Waals surface area contributed by atoms with Gasteiger partial charge in [0, 0.05) is 6.42 Å². The number of imide groups is 1. The summed E-state index contributed by atoms with van der Waals surface area (Å²) in [7, 11) is 0. The van der Waals surface area contributed by atoms with Gasteiger partial charge in [0.15, 0.2) is 0 Å². The Morgan fingerprint density at radius 1 is 0.938 bits per heavy atom. The van der Waals surface area contributed by atoms with Gasteiger partial charge in [-0.3, -0.25) is 19.3 Å². The Morgan fingerprint density at radius 3 is 2.16 bits per heavy atom. The lowest BCUT2D eigenvalue weighted by molar-refractivity contribution is -0.146. The van der Waals surface area contributed by atoms with Crippen molar-refractivity contribution in [2.75, 3.05) is 5.32 Å². The predicted octanol–water partition coefficient (Wildman–Crippen LogP) is 3.94. The van der Waals surface area contributed by atoms with Crippen molar-refractivity contribution in [3.63, 3.8) is 0 Å². The van der Waals surface area contributed by atoms with Crippen LogP contribution in [0.3, 0.4) is 0 Å². The fraction of sp³-hybridized carbons (Fsp3) is 0.346. The van der Waals surface area contributed by atoms with Gasteiger partial charge in [-0.2, -0.15) is 0 Å². The number of likely N-dealkylation sites (tertiary alicyclic amines) is 1. The van der Waals surface area contributed by atoms with Crippen LogP contribution in [0, 0.1) is 35.5 Å². The Kier molecular flexibility index (Phi) is 4.51. The number of hydrogen-bond acceptors (Lipinski definition) is 3. The molecule has 2 aromatic rings. The van der Waals surface area contributed by atoms with Gasteiger partial charge in [0.05, 0.1) is 22.5 Å². The lowest BCUT2D eigenvalue weighted by Gasteiger charge is -2.37. The van der Waals surface area contributed by atoms with Crippen molar-refractivity contribution < 1.29 is 14.4 Å². The number of halogens is 1. The van der Waals surface area contributed by atoms with E-state index in [9.17, 15) is 14.4 Å². The van der Waals surface area contributed by atoms with Gasteiger partial charge < -0.3 is 5.32 Å². The maximum atomic E-state index is 13.6. The predicted molar refractivity (Wildman–Crippen MR) is 121 cm³/mol. The standard InChI is InChI=1S/C26H23ClN2O3/c27-19-8-4-5-9-20(19)28-24(30)21(12-14-6-2-1-3-7-14)29-25(31)22-15-10-11-16(18-13-17(15)18)23(22)26(29)32/h1-11,15-18,21-23H,12-13H2,(H,28,30)/t15-,16-,17-,18+,21-,22-,23+/m0/s1. The van der Waals surface area contributed by atoms with E-state index in [-0.39, 0.29) is 41.9 Å². The van der Waals surface area contributed by atoms with E-state index >= 15 is 0 Å². The quantitative estimate of drug-likeness (QED) is 0.558. The maximum absolute atomic E-state index is 13.6. The number of hydrogen-bond donors (Lipinski definition) is 1. The zero-order valence-electron chi connectivity index (χ0n) is 17.4. The van der Waals surface area contributed by atoms with Crippen LogP contribution in [0.4, 0.5) is 5.69 Å². The van der Waals surface area contributed by atoms with Crippen LogP contribution in [-0.2, 0) is 20.8 Å². The number of para-hydroxylation sites is 1. The van der Waals surface area contributed by atoms with Gasteiger partial charge >= 0.3 is 0 Å². The van der Waals surface area contributed by atoms with Gasteiger partial charge in [-0.15, -0.1) is 0 Å². The van der Waals surface area contributed by atoms with Crippen LogP contribution < -0.4 is 5.32 Å². The molecule has 0 unspecified atom stereocenters. The van der Waals surface area contributed by atoms with E-state index in [1.807, 2.05) is 30.3 Å². The topological polar surface area (TPSA) is 66.5 Å². The van der Waals surface area contributed by atoms with E-state index in [4.69, 9.17) is 11.6 Å². The number of carbonyl (C=O) groups is 3. The van der Waals surface area contributed by atoms with E-state index in [1.165, 1.54) is 4.90 Å². The minimum Gasteiger partial charge on any atom is -0.323 e. The molecule has 0 radical (unpaired) electrons. The number of benzene rings is 2. The first-order valence-corrected chi connectivity index (χ1v) is 11.6. The van der Waals surface area contributed by atoms with E-state index < -0.39 is 11.9 Å². The molecular formula is C26H23ClN2O3. The summed E-state index contributed by atoms with van der Waals surface area (Å²) in [6.07, 6.45) is 5.66. The second-order valence-electron chi connectivity index (χ2n) is 9.38. The Morgan fingerprint density at radius 2 is 1.53 bits per heavy atom. The van der Waals surface area contributed by atoms with Crippen LogP contribution in [0.25, 0.3) is 0 Å². The molecule has 1 heterocycles. The minimum absolute atomic E-state index is 0.125. The van der Waals surface area contributed by atoms with Crippen molar-refractivity contribution in [3.05, 3.63) is 77.3 Å². The van der Waals surface area contributed by atoms with Crippen molar-refractivity contribution in [2.45, 2.75) is 18.9 Å². The molecular weight excluding hydrogens is 424 g/mol. The van der Waals surface area contributed by atoms with E-state index in [2.05, 4.69) is 17.5 Å². The molecule has 2 bridgehead atoms. The van der Waals surface area contributed by atoms with Crippen molar-refractivity contribution in [2.24, 2.45) is 35.5 Å². The molecule has 32 heavy (non-hydrogen) atoms. The molecule has 2 aromatic carbocycles. The van der Waals surface area contributed by atoms with Gasteiger partial charge in [0.2, 0.25) is 17.7 Å². The molecule has 7 atom stereocenters. The summed E-state index contributed by atoms with van der Waals surface area (Å²) in [6.45, 7) is 0. The molecule has 1 N–H and O–H groups in total. The lowest BCUT2D eigenvalue weighted by atomic mass is 9.63. The lowest BCUT2D eigenvalue weighted by Crippen LogP contribution is -2.49. The Labute approximate surface area is 191 Å². The average Bonchev–Trinajstić information content (AvgIpc) is 3.58. The highest BCUT2D eigenvalue weighted by atomic mass is 35.5. The second kappa shape index (κ2) is 7.31. The number of allylic oxidation sites excluding steroid dienone is 2. The van der Waals surface area contributed by atoms with Gasteiger partial charge in [0.1, 0.15) is 6.04 Å². The Balaban J connectivity index is 1.34. The minimum atomic E-state index is -0.921. The third-order valence-electron chi connectivity index (χ3n) is 7.71. The number of rotatable bonds is 5. The van der Waals surface area contributed by atoms with Crippen LogP contribution in [0.2, 0.25) is 5.02 Å². The maximum Gasteiger partial charge on any atom is 0.248 e. The average molecular weight is 447 g/mol. The summed E-state index contributed by atoms with van der Waals surface area (Å²) < 4.78 is 0. The molecule has 0 spiro atoms. The molecule has 1 saturated heterocycles. The fourth-order valence-electron chi connectivity index (χ4n) is 6.20. The number of carbonyl (C=O) groups excluding carboxylic acids is 3. The molecule has 5 nitrogen and oxygen atoms in total. The molecule has 0 aromatic heterocycles. The van der Waals surface area contributed by atoms with E-state index in [1.54, 1.807) is 24.3 Å². The summed E-state index contributed by atoms with van der Waals surface area (Å²) >= 11 is 6.25. The number of amides is 3. The van der Waals surface area contributed by atoms with E-state index in [0.29, 0.717) is 22.5 Å². The highest BCUT2D eigenvalue weighted by Gasteiger charge is 2.67. The van der Waals surface area contributed by atoms with Crippen molar-refractivity contribution >= 4 is 35.0 Å². The summed E-state index contributed by atoms with van der Waals surface area (Å²) in [5.74, 6) is -0.145. The highest BCUT2D eigenvalue weighted by Crippen LogP contribution is 2.65. The summed E-state index contributed by atoms with van der Waals surface area (Å²) in [6, 6.07) is 15.6. The van der Waals surface area contributed by atoms with Crippen LogP contribution in [-0.4, -0.2) is 28.7 Å². The summed E-state index contributed by atoms with van der Waals surface area (Å²) in [5, 5.41) is 3.26. The SMILES string of the molecule is O=C(Nc1ccccc1Cl)[C@H](Cc1ccccc1)N1C(=O)[C@@H]2[C@H]3C=C[C@@H]([C@@H]4C[C@H]34)[C@@H]2C1=O. The van der Waals surface area contributed by atoms with Crippen LogP contribution in [0.5, 0.6) is 0 Å². The van der Waals surface area contributed by atoms with Gasteiger partial charge in [-0.1, -0.05) is 66.2 Å². The normalized spacial score (nSPS) is 32.5. The van der Waals surface area contributed by atoms with Crippen molar-refractivity contribution in [1.29, 1.82) is 0 Å². The van der Waals surface area contributed by atoms with Gasteiger partial charge in [-0.05, 0) is 47.8 Å². The molecule has 1 aliphatic heterocycles. The third kappa shape index (κ3) is 2.95. The van der Waals surface area contributed by atoms with Gasteiger partial charge in [0.25, 0.3) is 0 Å². The van der Waals surface area contributed by atoms with Crippen LogP contribution in [0.1, 0.15) is 12.0 Å². The molecule has 4 aliphatic carbocycles. The number of nitrogens with zero attached hydrogens (tertiary/aromatic N) is 1. The zero-order valence-corrected chi connectivity index (χ0v) is 18.1. The molecule has 162 valence electrons. The first-order chi connectivity index (χ1) is 15.5. The van der Waals surface area contributed by atoms with Crippen LogP contribution in [0.15, 0.2) is 66.7 Å². The zero-order chi connectivity index (χ0) is 22.0. The molecule has 7 rings (SSSR count). The summed E-state index contributed by atoms with van der Waals surface area (Å²) in [5.41, 5.74) is 1.36. The Hall–Kier alpha value is -2.92. The van der Waals surface area contributed by atoms with E-state index in [0.717, 1.165) is 12.0 Å². The monoisotopic (exact) mass is 446 g/mol. The Bertz CT molecular complexity index is 1110. The number of nitrogens with one attached hydrogen (secondary N) is 1. The van der Waals surface area contributed by atoms with Crippen LogP contribution >= 0.6 is 11.6 Å². The van der Waals surface area contributed by atoms with Gasteiger partial charge in [-0.25, -0.2) is 0 Å². The third-order valence-corrected chi connectivity index (χ3v) is 8.04. The molecule has 6 heteroatoms. The second-order valence-corrected chi connectivity index (χ2v) is 9.78. The highest BCUT2D eigenvalue weighted by molar-refractivity contribution is 6.33. The molecule has 2 saturated carbocycles. The first-order valence-electron chi connectivity index (χ1n) is 11.2. The fourth-order valence-corrected chi connectivity index (χ4v) is 6.39. The molecule has 3 fully saturated rings. The van der Waals surface area contributed by atoms with Crippen molar-refractivity contribution in [1.82, 2.24) is 4.90 Å². The summed E-state index contributed by atoms with van der Waals surface area (Å²) in [4.78, 5) is 42.0. The first kappa shape index (κ1) is 19.7. The smallest absolute Gasteiger partial charge is 0.248 e. The molecule has 3 amide bonds. The van der Waals surface area contributed by atoms with Crippen molar-refractivity contribution in [3.8, 4) is 0 Å². The largest absolute Gasteiger partial charge is 0.323 e. The molecule has 5 aliphatic rings.